The maximum absolute atomic E-state index is 13.1. The van der Waals surface area contributed by atoms with Crippen LogP contribution in [0, 0.1) is 2.88 Å². The van der Waals surface area contributed by atoms with Crippen molar-refractivity contribution < 1.29 is 17.1 Å². The van der Waals surface area contributed by atoms with Crippen LogP contribution in [0.2, 0.25) is 0 Å². The lowest BCUT2D eigenvalue weighted by Gasteiger charge is -2.07. The first-order valence-electron chi connectivity index (χ1n) is 4.97. The first kappa shape index (κ1) is 14.4. The third-order valence-electron chi connectivity index (χ3n) is 2.23. The van der Waals surface area contributed by atoms with Crippen LogP contribution in [0.25, 0.3) is 0 Å². The van der Waals surface area contributed by atoms with Crippen LogP contribution in [-0.2, 0) is 10.2 Å². The van der Waals surface area contributed by atoms with Gasteiger partial charge >= 0.3 is 10.2 Å². The molecule has 1 aromatic heterocycles. The molecule has 100 valence electrons. The summed E-state index contributed by atoms with van der Waals surface area (Å²) >= 11 is 3.45. The molecule has 0 aliphatic rings. The lowest BCUT2D eigenvalue weighted by Crippen LogP contribution is -2.13. The van der Waals surface area contributed by atoms with E-state index in [9.17, 15) is 17.1 Å². The minimum atomic E-state index is -4.87. The van der Waals surface area contributed by atoms with E-state index in [0.29, 0.717) is 5.56 Å². The van der Waals surface area contributed by atoms with Crippen molar-refractivity contribution in [2.45, 2.75) is 4.90 Å². The number of thiophene rings is 1. The van der Waals surface area contributed by atoms with Gasteiger partial charge in [0.25, 0.3) is 5.91 Å². The van der Waals surface area contributed by atoms with E-state index in [1.165, 1.54) is 29.5 Å². The fourth-order valence-corrected chi connectivity index (χ4v) is 3.36. The molecule has 0 bridgehead atoms. The number of para-hydroxylation sites is 1. The Hall–Kier alpha value is -1.00. The van der Waals surface area contributed by atoms with Gasteiger partial charge in [-0.2, -0.15) is 8.42 Å². The first-order chi connectivity index (χ1) is 8.88. The highest BCUT2D eigenvalue weighted by molar-refractivity contribution is 14.1. The highest BCUT2D eigenvalue weighted by Crippen LogP contribution is 2.24. The molecule has 4 nitrogen and oxygen atoms in total. The minimum Gasteiger partial charge on any atom is -0.321 e. The van der Waals surface area contributed by atoms with Crippen LogP contribution in [0.4, 0.5) is 9.57 Å². The summed E-state index contributed by atoms with van der Waals surface area (Å²) in [6.07, 6.45) is 0. The molecule has 0 unspecified atom stereocenters. The van der Waals surface area contributed by atoms with Crippen LogP contribution in [0.15, 0.2) is 40.6 Å². The smallest absolute Gasteiger partial charge is 0.321 e. The third-order valence-corrected chi connectivity index (χ3v) is 4.90. The van der Waals surface area contributed by atoms with E-state index in [4.69, 9.17) is 0 Å². The quantitative estimate of drug-likeness (QED) is 0.623. The second-order valence-electron chi connectivity index (χ2n) is 3.53. The predicted octanol–water partition coefficient (Wildman–Crippen LogP) is 3.26. The van der Waals surface area contributed by atoms with Crippen molar-refractivity contribution >= 4 is 55.7 Å². The largest absolute Gasteiger partial charge is 0.334 e. The molecule has 1 heterocycles. The lowest BCUT2D eigenvalue weighted by atomic mass is 10.3. The number of rotatable bonds is 3. The number of anilines is 1. The standard InChI is InChI=1S/C11H7FINO3S2/c12-19(16,17)9-4-2-1-3-8(9)14-11(15)7-5-10(13)18-6-7/h1-6H,(H,14,15). The summed E-state index contributed by atoms with van der Waals surface area (Å²) in [6, 6.07) is 6.99. The summed E-state index contributed by atoms with van der Waals surface area (Å²) in [7, 11) is -4.87. The molecule has 0 aliphatic heterocycles. The zero-order chi connectivity index (χ0) is 14.0. The normalized spacial score (nSPS) is 11.3. The SMILES string of the molecule is O=C(Nc1ccccc1S(=O)(=O)F)c1csc(I)c1. The Labute approximate surface area is 127 Å². The summed E-state index contributed by atoms with van der Waals surface area (Å²) in [5.41, 5.74) is 0.330. The van der Waals surface area contributed by atoms with Crippen LogP contribution in [-0.4, -0.2) is 14.3 Å². The molecule has 2 aromatic rings. The van der Waals surface area contributed by atoms with E-state index in [2.05, 4.69) is 27.9 Å². The van der Waals surface area contributed by atoms with Gasteiger partial charge < -0.3 is 5.32 Å². The summed E-state index contributed by atoms with van der Waals surface area (Å²) in [5.74, 6) is -0.477. The second-order valence-corrected chi connectivity index (χ2v) is 7.65. The third kappa shape index (κ3) is 3.51. The average molecular weight is 411 g/mol. The predicted molar refractivity (Wildman–Crippen MR) is 79.7 cm³/mol. The molecule has 0 saturated carbocycles. The van der Waals surface area contributed by atoms with Crippen molar-refractivity contribution in [3.8, 4) is 0 Å². The molecule has 1 N–H and O–H groups in total. The van der Waals surface area contributed by atoms with E-state index in [1.807, 2.05) is 0 Å². The van der Waals surface area contributed by atoms with Crippen molar-refractivity contribution in [1.82, 2.24) is 0 Å². The van der Waals surface area contributed by atoms with E-state index < -0.39 is 21.0 Å². The van der Waals surface area contributed by atoms with Gasteiger partial charge in [0.15, 0.2) is 0 Å². The molecule has 0 aliphatic carbocycles. The van der Waals surface area contributed by atoms with Gasteiger partial charge in [0.2, 0.25) is 0 Å². The topological polar surface area (TPSA) is 63.2 Å². The van der Waals surface area contributed by atoms with Crippen molar-refractivity contribution in [1.29, 1.82) is 0 Å². The van der Waals surface area contributed by atoms with Gasteiger partial charge in [0.05, 0.1) is 14.1 Å². The van der Waals surface area contributed by atoms with Crippen molar-refractivity contribution in [2.24, 2.45) is 0 Å². The molecule has 0 saturated heterocycles. The number of hydrogen-bond donors (Lipinski definition) is 1. The Morgan fingerprint density at radius 3 is 2.58 bits per heavy atom. The van der Waals surface area contributed by atoms with Gasteiger partial charge in [-0.3, -0.25) is 4.79 Å². The zero-order valence-electron chi connectivity index (χ0n) is 9.26. The molecule has 0 radical (unpaired) electrons. The number of amides is 1. The number of hydrogen-bond acceptors (Lipinski definition) is 4. The molecule has 0 atom stereocenters. The summed E-state index contributed by atoms with van der Waals surface area (Å²) in [5, 5.41) is 4.03. The Kier molecular flexibility index (Phi) is 4.21. The first-order valence-corrected chi connectivity index (χ1v) is 8.31. The Bertz CT molecular complexity index is 727. The fourth-order valence-electron chi connectivity index (χ4n) is 1.41. The maximum atomic E-state index is 13.1. The van der Waals surface area contributed by atoms with E-state index in [0.717, 1.165) is 8.95 Å². The van der Waals surface area contributed by atoms with E-state index in [-0.39, 0.29) is 5.69 Å². The van der Waals surface area contributed by atoms with Crippen molar-refractivity contribution in [3.63, 3.8) is 0 Å². The number of benzene rings is 1. The Morgan fingerprint density at radius 1 is 1.32 bits per heavy atom. The van der Waals surface area contributed by atoms with Crippen LogP contribution >= 0.6 is 33.9 Å². The molecule has 0 spiro atoms. The number of halogens is 2. The molecule has 19 heavy (non-hydrogen) atoms. The van der Waals surface area contributed by atoms with Crippen molar-refractivity contribution in [2.75, 3.05) is 5.32 Å². The van der Waals surface area contributed by atoms with Gasteiger partial charge in [0.1, 0.15) is 4.90 Å². The van der Waals surface area contributed by atoms with E-state index >= 15 is 0 Å². The molecular weight excluding hydrogens is 404 g/mol. The Morgan fingerprint density at radius 2 is 2.00 bits per heavy atom. The van der Waals surface area contributed by atoms with Gasteiger partial charge in [-0.05, 0) is 40.8 Å². The highest BCUT2D eigenvalue weighted by Gasteiger charge is 2.18. The molecule has 2 rings (SSSR count). The van der Waals surface area contributed by atoms with Crippen molar-refractivity contribution in [3.05, 3.63) is 44.2 Å². The molecule has 1 aromatic carbocycles. The van der Waals surface area contributed by atoms with Crippen LogP contribution < -0.4 is 5.32 Å². The fraction of sp³-hybridized carbons (Fsp3) is 0. The monoisotopic (exact) mass is 411 g/mol. The average Bonchev–Trinajstić information content (AvgIpc) is 2.75. The lowest BCUT2D eigenvalue weighted by molar-refractivity contribution is 0.102. The minimum absolute atomic E-state index is 0.0730. The summed E-state index contributed by atoms with van der Waals surface area (Å²) in [6.45, 7) is 0. The summed E-state index contributed by atoms with van der Waals surface area (Å²) in [4.78, 5) is 11.3. The van der Waals surface area contributed by atoms with Gasteiger partial charge in [-0.15, -0.1) is 15.2 Å². The van der Waals surface area contributed by atoms with E-state index in [1.54, 1.807) is 11.4 Å². The number of nitrogens with one attached hydrogen (secondary N) is 1. The number of carbonyl (C=O) groups is 1. The maximum Gasteiger partial charge on any atom is 0.334 e. The zero-order valence-corrected chi connectivity index (χ0v) is 13.1. The summed E-state index contributed by atoms with van der Waals surface area (Å²) < 4.78 is 35.9. The molecule has 8 heteroatoms. The van der Waals surface area contributed by atoms with Gasteiger partial charge in [0, 0.05) is 5.38 Å². The van der Waals surface area contributed by atoms with Gasteiger partial charge in [-0.1, -0.05) is 12.1 Å². The van der Waals surface area contributed by atoms with Crippen LogP contribution in [0.1, 0.15) is 10.4 Å². The second kappa shape index (κ2) is 5.55. The van der Waals surface area contributed by atoms with Gasteiger partial charge in [-0.25, -0.2) is 0 Å². The number of carbonyl (C=O) groups excluding carboxylic acids is 1. The van der Waals surface area contributed by atoms with Crippen LogP contribution in [0.3, 0.4) is 0 Å². The van der Waals surface area contributed by atoms with Crippen LogP contribution in [0.5, 0.6) is 0 Å². The molecule has 1 amide bonds. The molecular formula is C11H7FINO3S2. The Balaban J connectivity index is 2.32. The molecule has 0 fully saturated rings. The highest BCUT2D eigenvalue weighted by atomic mass is 127.